The SMILES string of the molecule is Cc1ccncc1CNCc1ccsc1C(=O)O. The van der Waals surface area contributed by atoms with Crippen LogP contribution in [0.3, 0.4) is 0 Å². The lowest BCUT2D eigenvalue weighted by Crippen LogP contribution is -2.15. The lowest BCUT2D eigenvalue weighted by molar-refractivity contribution is 0.0701. The smallest absolute Gasteiger partial charge is 0.346 e. The van der Waals surface area contributed by atoms with E-state index in [-0.39, 0.29) is 0 Å². The molecule has 5 heteroatoms. The van der Waals surface area contributed by atoms with Crippen molar-refractivity contribution < 1.29 is 9.90 Å². The molecule has 2 rings (SSSR count). The number of nitrogens with zero attached hydrogens (tertiary/aromatic N) is 1. The van der Waals surface area contributed by atoms with Gasteiger partial charge in [-0.3, -0.25) is 4.98 Å². The van der Waals surface area contributed by atoms with Gasteiger partial charge in [-0.25, -0.2) is 4.79 Å². The van der Waals surface area contributed by atoms with Crippen molar-refractivity contribution in [2.24, 2.45) is 0 Å². The number of thiophene rings is 1. The van der Waals surface area contributed by atoms with Crippen molar-refractivity contribution in [2.45, 2.75) is 20.0 Å². The molecule has 18 heavy (non-hydrogen) atoms. The van der Waals surface area contributed by atoms with Crippen molar-refractivity contribution in [3.63, 3.8) is 0 Å². The van der Waals surface area contributed by atoms with Gasteiger partial charge in [-0.1, -0.05) is 0 Å². The van der Waals surface area contributed by atoms with Crippen LogP contribution in [0.5, 0.6) is 0 Å². The fraction of sp³-hybridized carbons (Fsp3) is 0.231. The number of rotatable bonds is 5. The second-order valence-electron chi connectivity index (χ2n) is 3.99. The van der Waals surface area contributed by atoms with Crippen LogP contribution in [-0.4, -0.2) is 16.1 Å². The standard InChI is InChI=1S/C13H14N2O2S/c1-9-2-4-14-7-11(9)8-15-6-10-3-5-18-12(10)13(16)17/h2-5,7,15H,6,8H2,1H3,(H,16,17). The van der Waals surface area contributed by atoms with Crippen LogP contribution in [0, 0.1) is 6.92 Å². The zero-order valence-electron chi connectivity index (χ0n) is 10.0. The molecule has 0 aliphatic carbocycles. The first kappa shape index (κ1) is 12.7. The fourth-order valence-corrected chi connectivity index (χ4v) is 2.44. The van der Waals surface area contributed by atoms with Crippen LogP contribution in [0.1, 0.15) is 26.4 Å². The predicted octanol–water partition coefficient (Wildman–Crippen LogP) is 2.44. The number of aromatic carboxylic acids is 1. The Hall–Kier alpha value is -1.72. The van der Waals surface area contributed by atoms with Crippen molar-refractivity contribution in [3.05, 3.63) is 51.5 Å². The molecule has 2 N–H and O–H groups in total. The van der Waals surface area contributed by atoms with Crippen LogP contribution in [0.25, 0.3) is 0 Å². The summed E-state index contributed by atoms with van der Waals surface area (Å²) in [4.78, 5) is 15.4. The van der Waals surface area contributed by atoms with Crippen molar-refractivity contribution in [3.8, 4) is 0 Å². The van der Waals surface area contributed by atoms with E-state index in [1.165, 1.54) is 16.9 Å². The number of carbonyl (C=O) groups is 1. The number of hydrogen-bond acceptors (Lipinski definition) is 4. The summed E-state index contributed by atoms with van der Waals surface area (Å²) >= 11 is 1.26. The van der Waals surface area contributed by atoms with Crippen LogP contribution < -0.4 is 5.32 Å². The summed E-state index contributed by atoms with van der Waals surface area (Å²) in [7, 11) is 0. The summed E-state index contributed by atoms with van der Waals surface area (Å²) in [5.41, 5.74) is 3.14. The van der Waals surface area contributed by atoms with Crippen LogP contribution in [0.2, 0.25) is 0 Å². The molecule has 2 heterocycles. The number of aromatic nitrogens is 1. The van der Waals surface area contributed by atoms with Gasteiger partial charge in [-0.15, -0.1) is 11.3 Å². The van der Waals surface area contributed by atoms with Crippen LogP contribution in [-0.2, 0) is 13.1 Å². The van der Waals surface area contributed by atoms with E-state index < -0.39 is 5.97 Å². The molecule has 0 saturated carbocycles. The van der Waals surface area contributed by atoms with Gasteiger partial charge in [0.15, 0.2) is 0 Å². The first-order valence-electron chi connectivity index (χ1n) is 5.58. The fourth-order valence-electron chi connectivity index (χ4n) is 1.68. The number of nitrogens with one attached hydrogen (secondary N) is 1. The van der Waals surface area contributed by atoms with Crippen molar-refractivity contribution in [2.75, 3.05) is 0 Å². The van der Waals surface area contributed by atoms with E-state index in [9.17, 15) is 4.79 Å². The molecule has 0 aromatic carbocycles. The zero-order chi connectivity index (χ0) is 13.0. The molecule has 0 radical (unpaired) electrons. The molecule has 0 amide bonds. The highest BCUT2D eigenvalue weighted by Gasteiger charge is 2.10. The van der Waals surface area contributed by atoms with E-state index >= 15 is 0 Å². The first-order chi connectivity index (χ1) is 8.68. The Kier molecular flexibility index (Phi) is 4.07. The molecule has 0 spiro atoms. The molecular formula is C13H14N2O2S. The third kappa shape index (κ3) is 2.94. The number of carboxylic acid groups (broad SMARTS) is 1. The number of pyridine rings is 1. The van der Waals surface area contributed by atoms with E-state index in [1.54, 1.807) is 11.6 Å². The van der Waals surface area contributed by atoms with Gasteiger partial charge in [-0.2, -0.15) is 0 Å². The quantitative estimate of drug-likeness (QED) is 0.868. The summed E-state index contributed by atoms with van der Waals surface area (Å²) in [6, 6.07) is 3.81. The second kappa shape index (κ2) is 5.75. The third-order valence-corrected chi connectivity index (χ3v) is 3.66. The minimum atomic E-state index is -0.862. The highest BCUT2D eigenvalue weighted by Crippen LogP contribution is 2.16. The van der Waals surface area contributed by atoms with Gasteiger partial charge in [0.1, 0.15) is 4.88 Å². The van der Waals surface area contributed by atoms with E-state index in [2.05, 4.69) is 10.3 Å². The summed E-state index contributed by atoms with van der Waals surface area (Å²) < 4.78 is 0. The zero-order valence-corrected chi connectivity index (χ0v) is 10.8. The Balaban J connectivity index is 1.95. The lowest BCUT2D eigenvalue weighted by Gasteiger charge is -2.06. The molecule has 0 aliphatic heterocycles. The van der Waals surface area contributed by atoms with Crippen LogP contribution >= 0.6 is 11.3 Å². The summed E-state index contributed by atoms with van der Waals surface area (Å²) in [5.74, 6) is -0.862. The second-order valence-corrected chi connectivity index (χ2v) is 4.90. The van der Waals surface area contributed by atoms with Crippen LogP contribution in [0.15, 0.2) is 29.9 Å². The molecule has 4 nitrogen and oxygen atoms in total. The Labute approximate surface area is 109 Å². The normalized spacial score (nSPS) is 10.5. The molecule has 94 valence electrons. The summed E-state index contributed by atoms with van der Waals surface area (Å²) in [6.07, 6.45) is 3.59. The molecule has 0 fully saturated rings. The predicted molar refractivity (Wildman–Crippen MR) is 70.8 cm³/mol. The molecule has 0 atom stereocenters. The third-order valence-electron chi connectivity index (χ3n) is 2.72. The van der Waals surface area contributed by atoms with Gasteiger partial charge < -0.3 is 10.4 Å². The van der Waals surface area contributed by atoms with Gasteiger partial charge in [0.05, 0.1) is 0 Å². The van der Waals surface area contributed by atoms with Gasteiger partial charge in [0.25, 0.3) is 0 Å². The monoisotopic (exact) mass is 262 g/mol. The van der Waals surface area contributed by atoms with E-state index in [1.807, 2.05) is 25.3 Å². The van der Waals surface area contributed by atoms with E-state index in [0.717, 1.165) is 11.1 Å². The molecule has 0 saturated heterocycles. The maximum absolute atomic E-state index is 10.9. The maximum atomic E-state index is 10.9. The maximum Gasteiger partial charge on any atom is 0.346 e. The molecule has 0 aliphatic rings. The number of hydrogen-bond donors (Lipinski definition) is 2. The highest BCUT2D eigenvalue weighted by atomic mass is 32.1. The Morgan fingerprint density at radius 3 is 2.89 bits per heavy atom. The average Bonchev–Trinajstić information content (AvgIpc) is 2.80. The number of aryl methyl sites for hydroxylation is 1. The average molecular weight is 262 g/mol. The van der Waals surface area contributed by atoms with Gasteiger partial charge in [-0.05, 0) is 41.1 Å². The molecule has 2 aromatic heterocycles. The van der Waals surface area contributed by atoms with Gasteiger partial charge >= 0.3 is 5.97 Å². The Bertz CT molecular complexity index is 551. The number of carboxylic acids is 1. The van der Waals surface area contributed by atoms with E-state index in [0.29, 0.717) is 18.0 Å². The summed E-state index contributed by atoms with van der Waals surface area (Å²) in [5, 5.41) is 14.0. The van der Waals surface area contributed by atoms with E-state index in [4.69, 9.17) is 5.11 Å². The van der Waals surface area contributed by atoms with Gasteiger partial charge in [0.2, 0.25) is 0 Å². The van der Waals surface area contributed by atoms with Crippen molar-refractivity contribution >= 4 is 17.3 Å². The largest absolute Gasteiger partial charge is 0.477 e. The molecule has 2 aromatic rings. The first-order valence-corrected chi connectivity index (χ1v) is 6.46. The Morgan fingerprint density at radius 2 is 2.17 bits per heavy atom. The summed E-state index contributed by atoms with van der Waals surface area (Å²) in [6.45, 7) is 3.28. The lowest BCUT2D eigenvalue weighted by atomic mass is 10.1. The molecule has 0 bridgehead atoms. The molecular weight excluding hydrogens is 248 g/mol. The van der Waals surface area contributed by atoms with Crippen molar-refractivity contribution in [1.29, 1.82) is 0 Å². The highest BCUT2D eigenvalue weighted by molar-refractivity contribution is 7.12. The topological polar surface area (TPSA) is 62.2 Å². The van der Waals surface area contributed by atoms with Crippen molar-refractivity contribution in [1.82, 2.24) is 10.3 Å². The van der Waals surface area contributed by atoms with Crippen LogP contribution in [0.4, 0.5) is 0 Å². The van der Waals surface area contributed by atoms with Gasteiger partial charge in [0, 0.05) is 25.5 Å². The Morgan fingerprint density at radius 1 is 1.39 bits per heavy atom. The minimum Gasteiger partial charge on any atom is -0.477 e. The molecule has 0 unspecified atom stereocenters. The minimum absolute atomic E-state index is 0.408.